The Bertz CT molecular complexity index is 340. The summed E-state index contributed by atoms with van der Waals surface area (Å²) < 4.78 is 11.3. The number of carboxylic acid groups (broad SMARTS) is 1. The molecule has 5 nitrogen and oxygen atoms in total. The first-order valence-electron chi connectivity index (χ1n) is 6.50. The van der Waals surface area contributed by atoms with E-state index in [9.17, 15) is 4.79 Å². The second kappa shape index (κ2) is 4.47. The molecule has 0 amide bonds. The van der Waals surface area contributed by atoms with E-state index in [0.717, 1.165) is 13.0 Å². The van der Waals surface area contributed by atoms with Crippen LogP contribution in [-0.2, 0) is 14.3 Å². The first kappa shape index (κ1) is 13.8. The van der Waals surface area contributed by atoms with Gasteiger partial charge in [-0.3, -0.25) is 4.90 Å². The number of ether oxygens (including phenoxy) is 2. The summed E-state index contributed by atoms with van der Waals surface area (Å²) in [4.78, 5) is 13.2. The summed E-state index contributed by atoms with van der Waals surface area (Å²) in [5.41, 5.74) is -0.394. The van der Waals surface area contributed by atoms with Crippen LogP contribution in [0.2, 0.25) is 0 Å². The SMILES string of the molecule is CC1(C)CC(N2CCOC(C(=O)O)C2)C(C)(C)O1. The van der Waals surface area contributed by atoms with Crippen LogP contribution in [0, 0.1) is 0 Å². The van der Waals surface area contributed by atoms with Gasteiger partial charge in [-0.15, -0.1) is 0 Å². The standard InChI is InChI=1S/C13H23NO4/c1-12(2)7-10(13(3,4)18-12)14-5-6-17-9(8-14)11(15)16/h9-10H,5-8H2,1-4H3,(H,15,16). The molecule has 0 spiro atoms. The minimum Gasteiger partial charge on any atom is -0.479 e. The highest BCUT2D eigenvalue weighted by Crippen LogP contribution is 2.40. The lowest BCUT2D eigenvalue weighted by atomic mass is 9.92. The van der Waals surface area contributed by atoms with Crippen LogP contribution in [0.15, 0.2) is 0 Å². The average molecular weight is 257 g/mol. The third kappa shape index (κ3) is 2.68. The van der Waals surface area contributed by atoms with Crippen LogP contribution in [-0.4, -0.2) is 59.0 Å². The Hall–Kier alpha value is -0.650. The van der Waals surface area contributed by atoms with Gasteiger partial charge in [-0.25, -0.2) is 4.79 Å². The van der Waals surface area contributed by atoms with Gasteiger partial charge in [-0.2, -0.15) is 0 Å². The molecule has 1 N–H and O–H groups in total. The third-order valence-corrected chi connectivity index (χ3v) is 3.84. The zero-order valence-corrected chi connectivity index (χ0v) is 11.6. The molecule has 2 saturated heterocycles. The van der Waals surface area contributed by atoms with E-state index in [2.05, 4.69) is 32.6 Å². The van der Waals surface area contributed by atoms with Crippen molar-refractivity contribution < 1.29 is 19.4 Å². The Morgan fingerprint density at radius 3 is 2.50 bits per heavy atom. The molecule has 2 aliphatic rings. The lowest BCUT2D eigenvalue weighted by molar-refractivity contribution is -0.159. The smallest absolute Gasteiger partial charge is 0.334 e. The molecule has 18 heavy (non-hydrogen) atoms. The number of hydrogen-bond acceptors (Lipinski definition) is 4. The number of carboxylic acids is 1. The van der Waals surface area contributed by atoms with Crippen LogP contribution >= 0.6 is 0 Å². The van der Waals surface area contributed by atoms with Crippen molar-refractivity contribution in [2.24, 2.45) is 0 Å². The number of aliphatic carboxylic acids is 1. The fourth-order valence-corrected chi connectivity index (χ4v) is 3.20. The first-order chi connectivity index (χ1) is 8.21. The molecule has 2 fully saturated rings. The summed E-state index contributed by atoms with van der Waals surface area (Å²) in [6.45, 7) is 10.0. The second-order valence-corrected chi connectivity index (χ2v) is 6.38. The second-order valence-electron chi connectivity index (χ2n) is 6.38. The van der Waals surface area contributed by atoms with Crippen molar-refractivity contribution in [1.29, 1.82) is 0 Å². The maximum absolute atomic E-state index is 11.0. The van der Waals surface area contributed by atoms with Gasteiger partial charge in [0, 0.05) is 19.1 Å². The lowest BCUT2D eigenvalue weighted by Crippen LogP contribution is -2.55. The molecule has 0 aromatic heterocycles. The molecule has 0 radical (unpaired) electrons. The Morgan fingerprint density at radius 1 is 1.33 bits per heavy atom. The van der Waals surface area contributed by atoms with E-state index in [0.29, 0.717) is 13.2 Å². The van der Waals surface area contributed by atoms with Crippen molar-refractivity contribution in [3.8, 4) is 0 Å². The van der Waals surface area contributed by atoms with Gasteiger partial charge in [0.15, 0.2) is 6.10 Å². The van der Waals surface area contributed by atoms with Crippen LogP contribution in [0.1, 0.15) is 34.1 Å². The van der Waals surface area contributed by atoms with E-state index in [1.54, 1.807) is 0 Å². The average Bonchev–Trinajstić information content (AvgIpc) is 2.47. The predicted molar refractivity (Wildman–Crippen MR) is 66.6 cm³/mol. The zero-order chi connectivity index (χ0) is 13.6. The van der Waals surface area contributed by atoms with E-state index in [1.807, 2.05) is 0 Å². The summed E-state index contributed by atoms with van der Waals surface area (Å²) in [6.07, 6.45) is 0.213. The first-order valence-corrected chi connectivity index (χ1v) is 6.50. The van der Waals surface area contributed by atoms with E-state index < -0.39 is 12.1 Å². The van der Waals surface area contributed by atoms with Gasteiger partial charge < -0.3 is 14.6 Å². The molecule has 0 aromatic rings. The largest absolute Gasteiger partial charge is 0.479 e. The Balaban J connectivity index is 2.09. The van der Waals surface area contributed by atoms with Gasteiger partial charge in [0.1, 0.15) is 0 Å². The minimum absolute atomic E-state index is 0.148. The Morgan fingerprint density at radius 2 is 2.00 bits per heavy atom. The van der Waals surface area contributed by atoms with E-state index in [1.165, 1.54) is 0 Å². The van der Waals surface area contributed by atoms with E-state index in [4.69, 9.17) is 14.6 Å². The molecule has 0 bridgehead atoms. The van der Waals surface area contributed by atoms with Crippen molar-refractivity contribution in [2.75, 3.05) is 19.7 Å². The van der Waals surface area contributed by atoms with Gasteiger partial charge in [0.2, 0.25) is 0 Å². The van der Waals surface area contributed by atoms with Crippen LogP contribution in [0.4, 0.5) is 0 Å². The van der Waals surface area contributed by atoms with Gasteiger partial charge >= 0.3 is 5.97 Å². The minimum atomic E-state index is -0.879. The van der Waals surface area contributed by atoms with Crippen LogP contribution in [0.25, 0.3) is 0 Å². The van der Waals surface area contributed by atoms with Crippen molar-refractivity contribution in [1.82, 2.24) is 4.90 Å². The monoisotopic (exact) mass is 257 g/mol. The van der Waals surface area contributed by atoms with Gasteiger partial charge in [0.05, 0.1) is 17.8 Å². The molecule has 2 aliphatic heterocycles. The van der Waals surface area contributed by atoms with Crippen molar-refractivity contribution in [2.45, 2.75) is 57.5 Å². The Kier molecular flexibility index (Phi) is 3.42. The number of rotatable bonds is 2. The molecular formula is C13H23NO4. The van der Waals surface area contributed by atoms with Gasteiger partial charge in [0.25, 0.3) is 0 Å². The molecule has 2 rings (SSSR count). The highest BCUT2D eigenvalue weighted by molar-refractivity contribution is 5.72. The van der Waals surface area contributed by atoms with Crippen molar-refractivity contribution in [3.05, 3.63) is 0 Å². The molecule has 2 atom stereocenters. The van der Waals surface area contributed by atoms with Crippen LogP contribution < -0.4 is 0 Å². The van der Waals surface area contributed by atoms with E-state index >= 15 is 0 Å². The number of nitrogens with zero attached hydrogens (tertiary/aromatic N) is 1. The molecule has 2 heterocycles. The van der Waals surface area contributed by atoms with Gasteiger partial charge in [-0.1, -0.05) is 0 Å². The highest BCUT2D eigenvalue weighted by Gasteiger charge is 2.49. The highest BCUT2D eigenvalue weighted by atomic mass is 16.5. The normalized spacial score (nSPS) is 35.6. The topological polar surface area (TPSA) is 59.0 Å². The third-order valence-electron chi connectivity index (χ3n) is 3.84. The fraction of sp³-hybridized carbons (Fsp3) is 0.923. The molecule has 0 saturated carbocycles. The number of carbonyl (C=O) groups is 1. The lowest BCUT2D eigenvalue weighted by Gasteiger charge is -2.40. The summed E-state index contributed by atoms with van der Waals surface area (Å²) in [7, 11) is 0. The quantitative estimate of drug-likeness (QED) is 0.803. The van der Waals surface area contributed by atoms with Crippen LogP contribution in [0.3, 0.4) is 0 Å². The van der Waals surface area contributed by atoms with Gasteiger partial charge in [-0.05, 0) is 34.1 Å². The zero-order valence-electron chi connectivity index (χ0n) is 11.6. The summed E-state index contributed by atoms with van der Waals surface area (Å²) in [5.74, 6) is -0.879. The van der Waals surface area contributed by atoms with Crippen LogP contribution in [0.5, 0.6) is 0 Å². The fourth-order valence-electron chi connectivity index (χ4n) is 3.20. The predicted octanol–water partition coefficient (Wildman–Crippen LogP) is 1.12. The molecule has 2 unspecified atom stereocenters. The maximum Gasteiger partial charge on any atom is 0.334 e. The Labute approximate surface area is 108 Å². The maximum atomic E-state index is 11.0. The summed E-state index contributed by atoms with van der Waals surface area (Å²) >= 11 is 0. The van der Waals surface area contributed by atoms with E-state index in [-0.39, 0.29) is 17.2 Å². The molecule has 0 aliphatic carbocycles. The summed E-state index contributed by atoms with van der Waals surface area (Å²) in [5, 5.41) is 9.05. The molecular weight excluding hydrogens is 234 g/mol. The molecule has 104 valence electrons. The number of hydrogen-bond donors (Lipinski definition) is 1. The van der Waals surface area contributed by atoms with Crippen molar-refractivity contribution in [3.63, 3.8) is 0 Å². The summed E-state index contributed by atoms with van der Waals surface area (Å²) in [6, 6.07) is 0.248. The number of morpholine rings is 1. The molecule has 0 aromatic carbocycles. The van der Waals surface area contributed by atoms with Crippen molar-refractivity contribution >= 4 is 5.97 Å². The molecule has 5 heteroatoms.